The number of ether oxygens (including phenoxy) is 2. The number of benzene rings is 2. The lowest BCUT2D eigenvalue weighted by molar-refractivity contribution is -0.149. The summed E-state index contributed by atoms with van der Waals surface area (Å²) >= 11 is 0. The zero-order valence-corrected chi connectivity index (χ0v) is 16.8. The summed E-state index contributed by atoms with van der Waals surface area (Å²) < 4.78 is 23.7. The molecule has 2 aromatic carbocycles. The van der Waals surface area contributed by atoms with Gasteiger partial charge < -0.3 is 14.4 Å². The predicted molar refractivity (Wildman–Crippen MR) is 106 cm³/mol. The monoisotopic (exact) mass is 414 g/mol. The number of hydrogen-bond donors (Lipinski definition) is 1. The molecule has 0 radical (unpaired) electrons. The molecule has 1 heterocycles. The van der Waals surface area contributed by atoms with E-state index in [1.54, 1.807) is 26.2 Å². The predicted octanol–water partition coefficient (Wildman–Crippen LogP) is 2.78. The minimum Gasteiger partial charge on any atom is -0.497 e. The first kappa shape index (κ1) is 21.3. The van der Waals surface area contributed by atoms with Crippen molar-refractivity contribution in [3.8, 4) is 5.75 Å². The van der Waals surface area contributed by atoms with Crippen molar-refractivity contribution in [3.05, 3.63) is 65.5 Å². The molecule has 0 bridgehead atoms. The Morgan fingerprint density at radius 2 is 1.77 bits per heavy atom. The van der Waals surface area contributed by atoms with Gasteiger partial charge in [0, 0.05) is 6.54 Å². The lowest BCUT2D eigenvalue weighted by atomic mass is 9.84. The van der Waals surface area contributed by atoms with Crippen LogP contribution >= 0.6 is 0 Å². The molecule has 8 heteroatoms. The number of esters is 1. The summed E-state index contributed by atoms with van der Waals surface area (Å²) in [5, 5.41) is 2.30. The van der Waals surface area contributed by atoms with Crippen LogP contribution in [-0.4, -0.2) is 43.1 Å². The van der Waals surface area contributed by atoms with Gasteiger partial charge in [0.1, 0.15) is 11.6 Å². The Bertz CT molecular complexity index is 930. The van der Waals surface area contributed by atoms with E-state index in [2.05, 4.69) is 5.32 Å². The van der Waals surface area contributed by atoms with Crippen molar-refractivity contribution in [2.45, 2.75) is 25.3 Å². The van der Waals surface area contributed by atoms with Crippen molar-refractivity contribution >= 4 is 17.9 Å². The summed E-state index contributed by atoms with van der Waals surface area (Å²) in [6.07, 6.45) is 0.0725. The second-order valence-corrected chi connectivity index (χ2v) is 6.86. The Morgan fingerprint density at radius 3 is 2.37 bits per heavy atom. The van der Waals surface area contributed by atoms with Crippen molar-refractivity contribution in [2.24, 2.45) is 0 Å². The molecule has 0 aliphatic carbocycles. The maximum Gasteiger partial charge on any atom is 0.325 e. The molecule has 0 aromatic heterocycles. The fourth-order valence-electron chi connectivity index (χ4n) is 3.60. The van der Waals surface area contributed by atoms with Crippen LogP contribution in [0.25, 0.3) is 0 Å². The lowest BCUT2D eigenvalue weighted by Gasteiger charge is -2.35. The standard InChI is InChI=1S/C22H23FN2O5/c1-3-30-19(26)14-22(16-6-8-17(23)9-7-16)20(27)24-21(28)25(22)13-12-15-4-10-18(29-2)11-5-15/h4-11H,3,12-14H2,1-2H3,(H,24,27,28). The lowest BCUT2D eigenvalue weighted by Crippen LogP contribution is -2.49. The van der Waals surface area contributed by atoms with E-state index in [-0.39, 0.29) is 19.6 Å². The Labute approximate surface area is 173 Å². The number of nitrogens with one attached hydrogen (secondary N) is 1. The van der Waals surface area contributed by atoms with Crippen molar-refractivity contribution in [3.63, 3.8) is 0 Å². The minimum absolute atomic E-state index is 0.139. The first-order valence-corrected chi connectivity index (χ1v) is 9.58. The highest BCUT2D eigenvalue weighted by molar-refractivity contribution is 6.09. The molecule has 0 saturated carbocycles. The third kappa shape index (κ3) is 4.12. The second-order valence-electron chi connectivity index (χ2n) is 6.86. The first-order chi connectivity index (χ1) is 14.4. The Hall–Kier alpha value is -3.42. The third-order valence-electron chi connectivity index (χ3n) is 5.11. The van der Waals surface area contributed by atoms with Gasteiger partial charge in [-0.05, 0) is 48.7 Å². The number of carbonyl (C=O) groups is 3. The number of hydrogen-bond acceptors (Lipinski definition) is 5. The Balaban J connectivity index is 1.95. The number of halogens is 1. The molecule has 30 heavy (non-hydrogen) atoms. The van der Waals surface area contributed by atoms with Gasteiger partial charge in [0.2, 0.25) is 0 Å². The molecule has 1 saturated heterocycles. The molecule has 3 amide bonds. The highest BCUT2D eigenvalue weighted by atomic mass is 19.1. The molecule has 1 unspecified atom stereocenters. The fourth-order valence-corrected chi connectivity index (χ4v) is 3.60. The molecule has 7 nitrogen and oxygen atoms in total. The van der Waals surface area contributed by atoms with Crippen LogP contribution in [0.3, 0.4) is 0 Å². The zero-order valence-electron chi connectivity index (χ0n) is 16.8. The zero-order chi connectivity index (χ0) is 21.7. The average Bonchev–Trinajstić information content (AvgIpc) is 2.97. The summed E-state index contributed by atoms with van der Waals surface area (Å²) in [5.74, 6) is -1.04. The van der Waals surface area contributed by atoms with E-state index < -0.39 is 29.3 Å². The van der Waals surface area contributed by atoms with Gasteiger partial charge in [-0.1, -0.05) is 24.3 Å². The number of carbonyl (C=O) groups excluding carboxylic acids is 3. The largest absolute Gasteiger partial charge is 0.497 e. The number of amides is 3. The summed E-state index contributed by atoms with van der Waals surface area (Å²) in [4.78, 5) is 39.3. The third-order valence-corrected chi connectivity index (χ3v) is 5.11. The highest BCUT2D eigenvalue weighted by Gasteiger charge is 2.55. The van der Waals surface area contributed by atoms with Crippen LogP contribution in [0.1, 0.15) is 24.5 Å². The van der Waals surface area contributed by atoms with E-state index in [4.69, 9.17) is 9.47 Å². The number of nitrogens with zero attached hydrogens (tertiary/aromatic N) is 1. The van der Waals surface area contributed by atoms with Gasteiger partial charge in [-0.3, -0.25) is 14.9 Å². The van der Waals surface area contributed by atoms with Crippen molar-refractivity contribution in [2.75, 3.05) is 20.3 Å². The maximum absolute atomic E-state index is 13.5. The average molecular weight is 414 g/mol. The quantitative estimate of drug-likeness (QED) is 0.530. The van der Waals surface area contributed by atoms with Crippen LogP contribution in [0.2, 0.25) is 0 Å². The van der Waals surface area contributed by atoms with Gasteiger partial charge in [0.15, 0.2) is 5.54 Å². The van der Waals surface area contributed by atoms with E-state index in [1.165, 1.54) is 29.2 Å². The van der Waals surface area contributed by atoms with Gasteiger partial charge in [0.05, 0.1) is 20.1 Å². The van der Waals surface area contributed by atoms with Crippen molar-refractivity contribution < 1.29 is 28.2 Å². The van der Waals surface area contributed by atoms with E-state index in [9.17, 15) is 18.8 Å². The number of urea groups is 1. The van der Waals surface area contributed by atoms with Crippen LogP contribution in [0.4, 0.5) is 9.18 Å². The molecule has 158 valence electrons. The van der Waals surface area contributed by atoms with Crippen molar-refractivity contribution in [1.29, 1.82) is 0 Å². The SMILES string of the molecule is CCOC(=O)CC1(c2ccc(F)cc2)C(=O)NC(=O)N1CCc1ccc(OC)cc1. The van der Waals surface area contributed by atoms with E-state index in [1.807, 2.05) is 12.1 Å². The molecule has 1 N–H and O–H groups in total. The summed E-state index contributed by atoms with van der Waals surface area (Å²) in [6, 6.07) is 11.9. The highest BCUT2D eigenvalue weighted by Crippen LogP contribution is 2.37. The maximum atomic E-state index is 13.5. The van der Waals surface area contributed by atoms with Crippen LogP contribution in [0.5, 0.6) is 5.75 Å². The van der Waals surface area contributed by atoms with Crippen LogP contribution in [0.15, 0.2) is 48.5 Å². The summed E-state index contributed by atoms with van der Waals surface area (Å²) in [7, 11) is 1.57. The molecule has 1 aliphatic heterocycles. The normalized spacial score (nSPS) is 18.3. The minimum atomic E-state index is -1.61. The van der Waals surface area contributed by atoms with Gasteiger partial charge in [0.25, 0.3) is 5.91 Å². The smallest absolute Gasteiger partial charge is 0.325 e. The number of methoxy groups -OCH3 is 1. The van der Waals surface area contributed by atoms with Crippen LogP contribution in [0, 0.1) is 5.82 Å². The van der Waals surface area contributed by atoms with Crippen LogP contribution in [-0.2, 0) is 26.3 Å². The second kappa shape index (κ2) is 8.94. The molecular weight excluding hydrogens is 391 g/mol. The molecule has 1 atom stereocenters. The van der Waals surface area contributed by atoms with Crippen molar-refractivity contribution in [1.82, 2.24) is 10.2 Å². The molecule has 3 rings (SSSR count). The molecule has 0 spiro atoms. The van der Waals surface area contributed by atoms with Gasteiger partial charge in [-0.15, -0.1) is 0 Å². The van der Waals surface area contributed by atoms with E-state index >= 15 is 0 Å². The molecule has 2 aromatic rings. The molecule has 1 fully saturated rings. The van der Waals surface area contributed by atoms with E-state index in [0.29, 0.717) is 17.7 Å². The number of imide groups is 1. The molecular formula is C22H23FN2O5. The fraction of sp³-hybridized carbons (Fsp3) is 0.318. The van der Waals surface area contributed by atoms with Gasteiger partial charge >= 0.3 is 12.0 Å². The Kier molecular flexibility index (Phi) is 6.34. The molecule has 1 aliphatic rings. The topological polar surface area (TPSA) is 84.9 Å². The van der Waals surface area contributed by atoms with E-state index in [0.717, 1.165) is 5.56 Å². The van der Waals surface area contributed by atoms with Crippen LogP contribution < -0.4 is 10.1 Å². The first-order valence-electron chi connectivity index (χ1n) is 9.58. The Morgan fingerprint density at radius 1 is 1.10 bits per heavy atom. The van der Waals surface area contributed by atoms with Gasteiger partial charge in [-0.2, -0.15) is 0 Å². The number of rotatable bonds is 8. The summed E-state index contributed by atoms with van der Waals surface area (Å²) in [6.45, 7) is 1.96. The summed E-state index contributed by atoms with van der Waals surface area (Å²) in [5.41, 5.74) is -0.342. The van der Waals surface area contributed by atoms with Gasteiger partial charge in [-0.25, -0.2) is 9.18 Å².